The van der Waals surface area contributed by atoms with E-state index in [1.807, 2.05) is 6.07 Å². The van der Waals surface area contributed by atoms with E-state index in [9.17, 15) is 0 Å². The maximum absolute atomic E-state index is 5.60. The second-order valence-corrected chi connectivity index (χ2v) is 3.46. The van der Waals surface area contributed by atoms with Crippen LogP contribution < -0.4 is 0 Å². The first-order valence-corrected chi connectivity index (χ1v) is 5.16. The highest BCUT2D eigenvalue weighted by molar-refractivity contribution is 6.17. The average molecular weight is 195 g/mol. The number of rotatable bonds is 4. The Hall–Kier alpha value is -0.750. The molecule has 0 heterocycles. The van der Waals surface area contributed by atoms with Gasteiger partial charge in [-0.05, 0) is 30.9 Å². The Morgan fingerprint density at radius 3 is 2.62 bits per heavy atom. The molecule has 0 bridgehead atoms. The summed E-state index contributed by atoms with van der Waals surface area (Å²) in [5.74, 6) is 0.749. The van der Waals surface area contributed by atoms with Crippen molar-refractivity contribution in [2.24, 2.45) is 0 Å². The lowest BCUT2D eigenvalue weighted by Gasteiger charge is -2.00. The molecule has 13 heavy (non-hydrogen) atoms. The van der Waals surface area contributed by atoms with E-state index in [4.69, 9.17) is 11.6 Å². The van der Waals surface area contributed by atoms with E-state index in [-0.39, 0.29) is 0 Å². The van der Waals surface area contributed by atoms with E-state index in [0.29, 0.717) is 0 Å². The highest BCUT2D eigenvalue weighted by Crippen LogP contribution is 2.13. The summed E-state index contributed by atoms with van der Waals surface area (Å²) in [6, 6.07) is 10.4. The maximum Gasteiger partial charge on any atom is 0.0226 e. The van der Waals surface area contributed by atoms with Crippen molar-refractivity contribution in [2.75, 3.05) is 5.88 Å². The zero-order valence-corrected chi connectivity index (χ0v) is 8.72. The number of halogens is 1. The predicted molar refractivity (Wildman–Crippen MR) is 60.0 cm³/mol. The molecule has 0 saturated heterocycles. The minimum absolute atomic E-state index is 0.749. The molecule has 1 aromatic rings. The highest BCUT2D eigenvalue weighted by Gasteiger charge is 1.92. The number of benzene rings is 1. The third-order valence-corrected chi connectivity index (χ3v) is 2.28. The third kappa shape index (κ3) is 3.65. The van der Waals surface area contributed by atoms with Crippen molar-refractivity contribution in [2.45, 2.75) is 19.8 Å². The maximum atomic E-state index is 5.60. The first kappa shape index (κ1) is 10.3. The van der Waals surface area contributed by atoms with E-state index < -0.39 is 0 Å². The van der Waals surface area contributed by atoms with Gasteiger partial charge in [0.25, 0.3) is 0 Å². The average Bonchev–Trinajstić information content (AvgIpc) is 2.19. The van der Waals surface area contributed by atoms with Crippen molar-refractivity contribution < 1.29 is 0 Å². The highest BCUT2D eigenvalue weighted by atomic mass is 35.5. The van der Waals surface area contributed by atoms with Gasteiger partial charge >= 0.3 is 0 Å². The van der Waals surface area contributed by atoms with Crippen LogP contribution in [0.4, 0.5) is 0 Å². The second kappa shape index (κ2) is 5.82. The summed E-state index contributed by atoms with van der Waals surface area (Å²) in [5.41, 5.74) is 2.64. The van der Waals surface area contributed by atoms with Gasteiger partial charge in [-0.3, -0.25) is 0 Å². The molecule has 0 N–H and O–H groups in total. The Labute approximate surface area is 85.2 Å². The quantitative estimate of drug-likeness (QED) is 0.500. The van der Waals surface area contributed by atoms with Gasteiger partial charge in [0.1, 0.15) is 0 Å². The normalized spacial score (nSPS) is 11.7. The van der Waals surface area contributed by atoms with Crippen molar-refractivity contribution in [3.63, 3.8) is 0 Å². The molecule has 0 nitrogen and oxygen atoms in total. The lowest BCUT2D eigenvalue weighted by Crippen LogP contribution is -1.79. The lowest BCUT2D eigenvalue weighted by molar-refractivity contribution is 0.967. The SMILES string of the molecule is C/C(=C\CCCCl)c1ccccc1. The molecule has 0 aliphatic carbocycles. The fourth-order valence-corrected chi connectivity index (χ4v) is 1.37. The second-order valence-electron chi connectivity index (χ2n) is 3.08. The summed E-state index contributed by atoms with van der Waals surface area (Å²) < 4.78 is 0. The standard InChI is InChI=1S/C12H15Cl/c1-11(7-5-6-10-13)12-8-3-2-4-9-12/h2-4,7-9H,5-6,10H2,1H3/b11-7+. The summed E-state index contributed by atoms with van der Waals surface area (Å²) in [6.45, 7) is 2.14. The van der Waals surface area contributed by atoms with E-state index in [1.54, 1.807) is 0 Å². The Bertz CT molecular complexity index is 262. The molecule has 1 heteroatoms. The molecule has 0 amide bonds. The summed E-state index contributed by atoms with van der Waals surface area (Å²) in [6.07, 6.45) is 4.38. The van der Waals surface area contributed by atoms with Crippen LogP contribution in [-0.2, 0) is 0 Å². The van der Waals surface area contributed by atoms with Crippen LogP contribution in [0, 0.1) is 0 Å². The largest absolute Gasteiger partial charge is 0.127 e. The number of allylic oxidation sites excluding steroid dienone is 2. The molecule has 0 aromatic heterocycles. The van der Waals surface area contributed by atoms with Gasteiger partial charge in [-0.1, -0.05) is 36.4 Å². The molecule has 0 aliphatic rings. The monoisotopic (exact) mass is 194 g/mol. The van der Waals surface area contributed by atoms with Crippen molar-refractivity contribution in [1.29, 1.82) is 0 Å². The van der Waals surface area contributed by atoms with E-state index >= 15 is 0 Å². The van der Waals surface area contributed by atoms with E-state index in [0.717, 1.165) is 18.7 Å². The molecule has 0 fully saturated rings. The first-order valence-electron chi connectivity index (χ1n) is 4.62. The Morgan fingerprint density at radius 1 is 1.31 bits per heavy atom. The zero-order chi connectivity index (χ0) is 9.52. The van der Waals surface area contributed by atoms with Gasteiger partial charge in [0.2, 0.25) is 0 Å². The van der Waals surface area contributed by atoms with E-state index in [1.165, 1.54) is 11.1 Å². The number of hydrogen-bond donors (Lipinski definition) is 0. The molecule has 0 atom stereocenters. The van der Waals surface area contributed by atoms with Crippen LogP contribution in [0.3, 0.4) is 0 Å². The molecule has 0 aliphatic heterocycles. The van der Waals surface area contributed by atoms with Crippen LogP contribution in [0.25, 0.3) is 5.57 Å². The Kier molecular flexibility index (Phi) is 4.63. The minimum atomic E-state index is 0.749. The van der Waals surface area contributed by atoms with Crippen molar-refractivity contribution in [3.8, 4) is 0 Å². The molecular weight excluding hydrogens is 180 g/mol. The fraction of sp³-hybridized carbons (Fsp3) is 0.333. The van der Waals surface area contributed by atoms with Crippen LogP contribution in [0.5, 0.6) is 0 Å². The minimum Gasteiger partial charge on any atom is -0.127 e. The molecule has 0 saturated carbocycles. The smallest absolute Gasteiger partial charge is 0.0226 e. The zero-order valence-electron chi connectivity index (χ0n) is 7.96. The van der Waals surface area contributed by atoms with Crippen LogP contribution >= 0.6 is 11.6 Å². The Morgan fingerprint density at radius 2 is 2.00 bits per heavy atom. The van der Waals surface area contributed by atoms with Gasteiger partial charge in [-0.15, -0.1) is 11.6 Å². The van der Waals surface area contributed by atoms with Crippen LogP contribution in [0.2, 0.25) is 0 Å². The Balaban J connectivity index is 2.57. The van der Waals surface area contributed by atoms with E-state index in [2.05, 4.69) is 37.3 Å². The summed E-state index contributed by atoms with van der Waals surface area (Å²) in [4.78, 5) is 0. The number of unbranched alkanes of at least 4 members (excludes halogenated alkanes) is 1. The van der Waals surface area contributed by atoms with Crippen molar-refractivity contribution in [3.05, 3.63) is 42.0 Å². The molecule has 70 valence electrons. The number of hydrogen-bond acceptors (Lipinski definition) is 0. The van der Waals surface area contributed by atoms with Gasteiger partial charge in [-0.2, -0.15) is 0 Å². The van der Waals surface area contributed by atoms with Crippen LogP contribution in [0.15, 0.2) is 36.4 Å². The van der Waals surface area contributed by atoms with Gasteiger partial charge in [0.15, 0.2) is 0 Å². The van der Waals surface area contributed by atoms with Gasteiger partial charge < -0.3 is 0 Å². The molecular formula is C12H15Cl. The van der Waals surface area contributed by atoms with Crippen molar-refractivity contribution in [1.82, 2.24) is 0 Å². The van der Waals surface area contributed by atoms with Crippen molar-refractivity contribution >= 4 is 17.2 Å². The predicted octanol–water partition coefficient (Wildman–Crippen LogP) is 4.11. The third-order valence-electron chi connectivity index (χ3n) is 2.02. The molecule has 0 unspecified atom stereocenters. The lowest BCUT2D eigenvalue weighted by atomic mass is 10.1. The molecule has 1 aromatic carbocycles. The summed E-state index contributed by atoms with van der Waals surface area (Å²) in [5, 5.41) is 0. The first-order chi connectivity index (χ1) is 6.34. The van der Waals surface area contributed by atoms with Gasteiger partial charge in [-0.25, -0.2) is 0 Å². The number of alkyl halides is 1. The van der Waals surface area contributed by atoms with Gasteiger partial charge in [0.05, 0.1) is 0 Å². The van der Waals surface area contributed by atoms with Gasteiger partial charge in [0, 0.05) is 5.88 Å². The molecule has 0 radical (unpaired) electrons. The molecule has 0 spiro atoms. The van der Waals surface area contributed by atoms with Crippen LogP contribution in [-0.4, -0.2) is 5.88 Å². The summed E-state index contributed by atoms with van der Waals surface area (Å²) in [7, 11) is 0. The molecule has 1 rings (SSSR count). The fourth-order valence-electron chi connectivity index (χ4n) is 1.21. The summed E-state index contributed by atoms with van der Waals surface area (Å²) >= 11 is 5.60. The topological polar surface area (TPSA) is 0 Å². The van der Waals surface area contributed by atoms with Crippen LogP contribution in [0.1, 0.15) is 25.3 Å².